The molecule has 0 atom stereocenters. The van der Waals surface area contributed by atoms with Gasteiger partial charge in [0.1, 0.15) is 0 Å². The number of hydrogen-bond acceptors (Lipinski definition) is 3. The van der Waals surface area contributed by atoms with Crippen LogP contribution in [0.5, 0.6) is 0 Å². The molecule has 0 rings (SSSR count). The monoisotopic (exact) mass is 175 g/mol. The Morgan fingerprint density at radius 3 is 1.92 bits per heavy atom. The summed E-state index contributed by atoms with van der Waals surface area (Å²) in [5.74, 6) is -0.438. The van der Waals surface area contributed by atoms with Crippen molar-refractivity contribution in [2.75, 3.05) is 7.11 Å². The summed E-state index contributed by atoms with van der Waals surface area (Å²) in [5, 5.41) is 0. The number of primary amides is 1. The van der Waals surface area contributed by atoms with Crippen molar-refractivity contribution in [1.82, 2.24) is 0 Å². The van der Waals surface area contributed by atoms with Crippen LogP contribution in [0.1, 0.15) is 33.1 Å². The predicted molar refractivity (Wildman–Crippen MR) is 46.4 cm³/mol. The van der Waals surface area contributed by atoms with Crippen molar-refractivity contribution in [1.29, 1.82) is 0 Å². The fraction of sp³-hybridized carbons (Fsp3) is 0.750. The van der Waals surface area contributed by atoms with Gasteiger partial charge in [0, 0.05) is 13.3 Å². The van der Waals surface area contributed by atoms with Crippen LogP contribution in [0.2, 0.25) is 0 Å². The zero-order valence-corrected chi connectivity index (χ0v) is 7.92. The number of hydrogen-bond donors (Lipinski definition) is 1. The molecular formula is C8H17NO3. The number of rotatable bonds is 3. The van der Waals surface area contributed by atoms with Gasteiger partial charge in [-0.15, -0.1) is 0 Å². The van der Waals surface area contributed by atoms with Gasteiger partial charge in [-0.2, -0.15) is 0 Å². The molecule has 0 fully saturated rings. The van der Waals surface area contributed by atoms with Crippen molar-refractivity contribution in [3.63, 3.8) is 0 Å². The molecule has 4 heteroatoms. The molecular weight excluding hydrogens is 158 g/mol. The van der Waals surface area contributed by atoms with E-state index in [0.717, 1.165) is 12.8 Å². The van der Waals surface area contributed by atoms with Crippen molar-refractivity contribution < 1.29 is 14.3 Å². The number of unbranched alkanes of at least 4 members (excludes halogenated alkanes) is 1. The van der Waals surface area contributed by atoms with Crippen molar-refractivity contribution in [3.8, 4) is 0 Å². The molecule has 0 aromatic carbocycles. The van der Waals surface area contributed by atoms with E-state index < -0.39 is 0 Å². The summed E-state index contributed by atoms with van der Waals surface area (Å²) in [5.41, 5.74) is 4.84. The molecule has 0 heterocycles. The van der Waals surface area contributed by atoms with Crippen LogP contribution in [0.3, 0.4) is 0 Å². The molecule has 72 valence electrons. The van der Waals surface area contributed by atoms with Gasteiger partial charge in [0.25, 0.3) is 0 Å². The predicted octanol–water partition coefficient (Wildman–Crippen LogP) is 0.841. The van der Waals surface area contributed by atoms with Crippen LogP contribution >= 0.6 is 0 Å². The number of nitrogens with two attached hydrogens (primary N) is 1. The molecule has 0 aliphatic carbocycles. The number of esters is 1. The number of methoxy groups -OCH3 is 1. The summed E-state index contributed by atoms with van der Waals surface area (Å²) in [7, 11) is 1.35. The van der Waals surface area contributed by atoms with Crippen molar-refractivity contribution in [2.24, 2.45) is 5.73 Å². The van der Waals surface area contributed by atoms with E-state index in [2.05, 4.69) is 4.74 Å². The lowest BCUT2D eigenvalue weighted by molar-refractivity contribution is -0.137. The number of ether oxygens (including phenoxy) is 1. The van der Waals surface area contributed by atoms with E-state index in [9.17, 15) is 9.59 Å². The lowest BCUT2D eigenvalue weighted by atomic mass is 10.2. The van der Waals surface area contributed by atoms with E-state index >= 15 is 0 Å². The molecule has 0 unspecified atom stereocenters. The van der Waals surface area contributed by atoms with Gasteiger partial charge in [0.15, 0.2) is 0 Å². The molecule has 0 saturated heterocycles. The Bertz CT molecular complexity index is 134. The first-order valence-corrected chi connectivity index (χ1v) is 3.87. The average Bonchev–Trinajstić information content (AvgIpc) is 2.02. The first-order valence-electron chi connectivity index (χ1n) is 3.87. The van der Waals surface area contributed by atoms with Crippen LogP contribution < -0.4 is 5.73 Å². The van der Waals surface area contributed by atoms with Crippen LogP contribution in [0.4, 0.5) is 0 Å². The first kappa shape index (κ1) is 13.5. The van der Waals surface area contributed by atoms with E-state index in [4.69, 9.17) is 5.73 Å². The van der Waals surface area contributed by atoms with Gasteiger partial charge in [-0.3, -0.25) is 9.59 Å². The largest absolute Gasteiger partial charge is 0.469 e. The number of amides is 1. The summed E-state index contributed by atoms with van der Waals surface area (Å²) >= 11 is 0. The van der Waals surface area contributed by atoms with Gasteiger partial charge < -0.3 is 10.5 Å². The van der Waals surface area contributed by atoms with Crippen LogP contribution in [-0.4, -0.2) is 19.0 Å². The van der Waals surface area contributed by atoms with Gasteiger partial charge in [-0.25, -0.2) is 0 Å². The van der Waals surface area contributed by atoms with E-state index in [0.29, 0.717) is 6.42 Å². The Labute approximate surface area is 73.1 Å². The maximum atomic E-state index is 9.98. The SMILES string of the molecule is CCCCC(N)=O.COC(C)=O. The fourth-order valence-corrected chi connectivity index (χ4v) is 0.351. The summed E-state index contributed by atoms with van der Waals surface area (Å²) < 4.78 is 4.11. The standard InChI is InChI=1S/C5H11NO.C3H6O2/c1-2-3-4-5(6)7;1-3(4)5-2/h2-4H2,1H3,(H2,6,7);1-2H3. The van der Waals surface area contributed by atoms with Gasteiger partial charge in [0.2, 0.25) is 5.91 Å². The van der Waals surface area contributed by atoms with E-state index in [1.54, 1.807) is 0 Å². The number of carbonyl (C=O) groups excluding carboxylic acids is 2. The van der Waals surface area contributed by atoms with Crippen LogP contribution in [0.15, 0.2) is 0 Å². The molecule has 2 N–H and O–H groups in total. The minimum atomic E-state index is -0.245. The highest BCUT2D eigenvalue weighted by atomic mass is 16.5. The topological polar surface area (TPSA) is 69.4 Å². The molecule has 0 aliphatic heterocycles. The quantitative estimate of drug-likeness (QED) is 0.646. The maximum absolute atomic E-state index is 9.98. The first-order chi connectivity index (χ1) is 5.54. The third kappa shape index (κ3) is 23.1. The molecule has 0 saturated carbocycles. The zero-order chi connectivity index (χ0) is 9.98. The molecule has 0 aromatic rings. The lowest BCUT2D eigenvalue weighted by Gasteiger charge is -1.86. The highest BCUT2D eigenvalue weighted by Crippen LogP contribution is 1.89. The van der Waals surface area contributed by atoms with E-state index in [-0.39, 0.29) is 11.9 Å². The molecule has 0 aliphatic rings. The van der Waals surface area contributed by atoms with Crippen molar-refractivity contribution in [3.05, 3.63) is 0 Å². The number of carbonyl (C=O) groups is 2. The summed E-state index contributed by atoms with van der Waals surface area (Å²) in [6.07, 6.45) is 2.51. The van der Waals surface area contributed by atoms with Crippen LogP contribution in [0.25, 0.3) is 0 Å². The Kier molecular flexibility index (Phi) is 11.2. The van der Waals surface area contributed by atoms with Crippen molar-refractivity contribution >= 4 is 11.9 Å². The van der Waals surface area contributed by atoms with Crippen LogP contribution in [-0.2, 0) is 14.3 Å². The van der Waals surface area contributed by atoms with Gasteiger partial charge in [0.05, 0.1) is 7.11 Å². The zero-order valence-electron chi connectivity index (χ0n) is 7.92. The highest BCUT2D eigenvalue weighted by Gasteiger charge is 1.88. The third-order valence-corrected chi connectivity index (χ3v) is 1.06. The third-order valence-electron chi connectivity index (χ3n) is 1.06. The van der Waals surface area contributed by atoms with Crippen LogP contribution in [0, 0.1) is 0 Å². The van der Waals surface area contributed by atoms with Crippen molar-refractivity contribution in [2.45, 2.75) is 33.1 Å². The van der Waals surface area contributed by atoms with Gasteiger partial charge >= 0.3 is 5.97 Å². The maximum Gasteiger partial charge on any atom is 0.302 e. The molecule has 0 spiro atoms. The molecule has 4 nitrogen and oxygen atoms in total. The molecule has 0 radical (unpaired) electrons. The highest BCUT2D eigenvalue weighted by molar-refractivity contribution is 5.73. The molecule has 0 aromatic heterocycles. The van der Waals surface area contributed by atoms with E-state index in [1.807, 2.05) is 6.92 Å². The van der Waals surface area contributed by atoms with Gasteiger partial charge in [-0.05, 0) is 6.42 Å². The molecule has 0 bridgehead atoms. The average molecular weight is 175 g/mol. The summed E-state index contributed by atoms with van der Waals surface area (Å²) in [4.78, 5) is 19.6. The molecule has 1 amide bonds. The fourth-order valence-electron chi connectivity index (χ4n) is 0.351. The lowest BCUT2D eigenvalue weighted by Crippen LogP contribution is -2.09. The normalized spacial score (nSPS) is 7.92. The van der Waals surface area contributed by atoms with Gasteiger partial charge in [-0.1, -0.05) is 13.3 Å². The Hall–Kier alpha value is -1.06. The Balaban J connectivity index is 0. The second kappa shape index (κ2) is 9.94. The second-order valence-corrected chi connectivity index (χ2v) is 2.27. The Morgan fingerprint density at radius 2 is 1.83 bits per heavy atom. The smallest absolute Gasteiger partial charge is 0.302 e. The summed E-state index contributed by atoms with van der Waals surface area (Å²) in [6, 6.07) is 0. The minimum absolute atomic E-state index is 0.193. The summed E-state index contributed by atoms with van der Waals surface area (Å²) in [6.45, 7) is 3.39. The Morgan fingerprint density at radius 1 is 1.42 bits per heavy atom. The minimum Gasteiger partial charge on any atom is -0.469 e. The molecule has 12 heavy (non-hydrogen) atoms. The van der Waals surface area contributed by atoms with E-state index in [1.165, 1.54) is 14.0 Å². The second-order valence-electron chi connectivity index (χ2n) is 2.27.